The first-order valence-electron chi connectivity index (χ1n) is 7.70. The van der Waals surface area contributed by atoms with Crippen LogP contribution in [0.3, 0.4) is 0 Å². The van der Waals surface area contributed by atoms with Crippen LogP contribution in [-0.2, 0) is 24.3 Å². The van der Waals surface area contributed by atoms with Gasteiger partial charge in [0.15, 0.2) is 11.0 Å². The molecule has 2 aromatic rings. The van der Waals surface area contributed by atoms with Gasteiger partial charge in [-0.2, -0.15) is 4.72 Å². The number of sulfonamides is 1. The van der Waals surface area contributed by atoms with Crippen molar-refractivity contribution in [2.45, 2.75) is 17.9 Å². The molecule has 2 aromatic carbocycles. The molecule has 1 amide bonds. The zero-order chi connectivity index (χ0) is 20.0. The third kappa shape index (κ3) is 5.56. The molecule has 2 N–H and O–H groups in total. The van der Waals surface area contributed by atoms with E-state index in [0.29, 0.717) is 5.69 Å². The zero-order valence-corrected chi connectivity index (χ0v) is 14.9. The Kier molecular flexibility index (Phi) is 6.59. The second-order valence-electron chi connectivity index (χ2n) is 5.36. The number of ether oxygens (including phenoxy) is 1. The van der Waals surface area contributed by atoms with E-state index in [-0.39, 0.29) is 0 Å². The number of rotatable bonds is 7. The number of anilines is 1. The van der Waals surface area contributed by atoms with Gasteiger partial charge in [0.05, 0.1) is 0 Å². The molecule has 2 rings (SSSR count). The molecule has 0 heterocycles. The van der Waals surface area contributed by atoms with Gasteiger partial charge in [-0.1, -0.05) is 24.3 Å². The highest BCUT2D eigenvalue weighted by atomic mass is 32.2. The minimum absolute atomic E-state index is 0.487. The molecule has 0 aromatic heterocycles. The largest absolute Gasteiger partial charge is 0.452 e. The van der Waals surface area contributed by atoms with Crippen molar-refractivity contribution in [3.8, 4) is 0 Å². The standard InChI is InChI=1S/C17H16F2N2O5S/c1-11(17(23)21-12-6-3-2-4-7-12)26-15(22)10-20-27(24,25)16-13(18)8-5-9-14(16)19/h2-9,11,20H,10H2,1H3,(H,21,23)/t11-/m0/s1. The van der Waals surface area contributed by atoms with Gasteiger partial charge in [-0.05, 0) is 31.2 Å². The fourth-order valence-corrected chi connectivity index (χ4v) is 3.12. The maximum Gasteiger partial charge on any atom is 0.321 e. The SMILES string of the molecule is C[C@H](OC(=O)CNS(=O)(=O)c1c(F)cccc1F)C(=O)Nc1ccccc1. The second-order valence-corrected chi connectivity index (χ2v) is 7.07. The number of halogens is 2. The van der Waals surface area contributed by atoms with E-state index >= 15 is 0 Å². The Morgan fingerprint density at radius 2 is 1.63 bits per heavy atom. The summed E-state index contributed by atoms with van der Waals surface area (Å²) in [5.41, 5.74) is 0.487. The van der Waals surface area contributed by atoms with Crippen molar-refractivity contribution in [2.75, 3.05) is 11.9 Å². The number of hydrogen-bond donors (Lipinski definition) is 2. The second kappa shape index (κ2) is 8.69. The maximum atomic E-state index is 13.6. The third-order valence-corrected chi connectivity index (χ3v) is 4.76. The van der Waals surface area contributed by atoms with Crippen LogP contribution in [0.25, 0.3) is 0 Å². The van der Waals surface area contributed by atoms with E-state index in [1.165, 1.54) is 6.92 Å². The Morgan fingerprint density at radius 1 is 1.04 bits per heavy atom. The predicted octanol–water partition coefficient (Wildman–Crippen LogP) is 1.81. The van der Waals surface area contributed by atoms with Crippen molar-refractivity contribution in [3.05, 3.63) is 60.2 Å². The highest BCUT2D eigenvalue weighted by Crippen LogP contribution is 2.17. The fourth-order valence-electron chi connectivity index (χ4n) is 2.02. The van der Waals surface area contributed by atoms with Crippen LogP contribution in [0.15, 0.2) is 53.4 Å². The first kappa shape index (κ1) is 20.5. The monoisotopic (exact) mass is 398 g/mol. The lowest BCUT2D eigenvalue weighted by Crippen LogP contribution is -2.36. The number of amides is 1. The molecule has 0 unspecified atom stereocenters. The topological polar surface area (TPSA) is 102 Å². The molecular weight excluding hydrogens is 382 g/mol. The summed E-state index contributed by atoms with van der Waals surface area (Å²) in [4.78, 5) is 22.5. The molecule has 0 fully saturated rings. The number of nitrogens with one attached hydrogen (secondary N) is 2. The molecule has 0 bridgehead atoms. The van der Waals surface area contributed by atoms with Crippen LogP contribution in [0.2, 0.25) is 0 Å². The van der Waals surface area contributed by atoms with Gasteiger partial charge in [-0.25, -0.2) is 17.2 Å². The van der Waals surface area contributed by atoms with E-state index in [1.807, 2.05) is 0 Å². The number of esters is 1. The molecule has 0 radical (unpaired) electrons. The summed E-state index contributed by atoms with van der Waals surface area (Å²) < 4.78 is 57.6. The lowest BCUT2D eigenvalue weighted by molar-refractivity contribution is -0.151. The van der Waals surface area contributed by atoms with E-state index in [9.17, 15) is 26.8 Å². The smallest absolute Gasteiger partial charge is 0.321 e. The van der Waals surface area contributed by atoms with E-state index in [2.05, 4.69) is 5.32 Å². The quantitative estimate of drug-likeness (QED) is 0.693. The van der Waals surface area contributed by atoms with Crippen molar-refractivity contribution in [1.82, 2.24) is 4.72 Å². The zero-order valence-electron chi connectivity index (χ0n) is 14.1. The van der Waals surface area contributed by atoms with Crippen molar-refractivity contribution < 1.29 is 31.5 Å². The van der Waals surface area contributed by atoms with Crippen molar-refractivity contribution in [1.29, 1.82) is 0 Å². The molecule has 7 nitrogen and oxygen atoms in total. The molecule has 27 heavy (non-hydrogen) atoms. The van der Waals surface area contributed by atoms with Crippen molar-refractivity contribution in [3.63, 3.8) is 0 Å². The summed E-state index contributed by atoms with van der Waals surface area (Å²) in [6.45, 7) is 0.389. The van der Waals surface area contributed by atoms with Gasteiger partial charge in [0.25, 0.3) is 5.91 Å². The van der Waals surface area contributed by atoms with Gasteiger partial charge in [0, 0.05) is 5.69 Å². The maximum absolute atomic E-state index is 13.6. The van der Waals surface area contributed by atoms with Crippen molar-refractivity contribution in [2.24, 2.45) is 0 Å². The highest BCUT2D eigenvalue weighted by Gasteiger charge is 2.25. The van der Waals surface area contributed by atoms with Crippen molar-refractivity contribution >= 4 is 27.6 Å². The number of carbonyl (C=O) groups excluding carboxylic acids is 2. The van der Waals surface area contributed by atoms with E-state index < -0.39 is 51.1 Å². The Hall–Kier alpha value is -2.85. The molecule has 0 saturated heterocycles. The first-order chi connectivity index (χ1) is 12.7. The van der Waals surface area contributed by atoms with E-state index in [0.717, 1.165) is 18.2 Å². The predicted molar refractivity (Wildman–Crippen MR) is 92.2 cm³/mol. The molecule has 0 aliphatic carbocycles. The summed E-state index contributed by atoms with van der Waals surface area (Å²) in [6.07, 6.45) is -1.22. The van der Waals surface area contributed by atoms with Crippen LogP contribution in [-0.4, -0.2) is 32.9 Å². The number of carbonyl (C=O) groups is 2. The summed E-state index contributed by atoms with van der Waals surface area (Å²) in [7, 11) is -4.62. The summed E-state index contributed by atoms with van der Waals surface area (Å²) in [6, 6.07) is 10.9. The van der Waals surface area contributed by atoms with Gasteiger partial charge in [0.1, 0.15) is 18.2 Å². The van der Waals surface area contributed by atoms with E-state index in [1.54, 1.807) is 35.1 Å². The molecule has 0 saturated carbocycles. The van der Waals surface area contributed by atoms with Crippen LogP contribution in [0, 0.1) is 11.6 Å². The average Bonchev–Trinajstić information content (AvgIpc) is 2.60. The molecule has 1 atom stereocenters. The Labute approximate surface area is 154 Å². The van der Waals surface area contributed by atoms with Crippen LogP contribution in [0.4, 0.5) is 14.5 Å². The number of para-hydroxylation sites is 1. The fraction of sp³-hybridized carbons (Fsp3) is 0.176. The molecular formula is C17H16F2N2O5S. The minimum Gasteiger partial charge on any atom is -0.452 e. The lowest BCUT2D eigenvalue weighted by Gasteiger charge is -2.14. The van der Waals surface area contributed by atoms with E-state index in [4.69, 9.17) is 4.74 Å². The van der Waals surface area contributed by atoms with Crippen LogP contribution in [0.1, 0.15) is 6.92 Å². The van der Waals surface area contributed by atoms with Gasteiger partial charge < -0.3 is 10.1 Å². The summed E-state index contributed by atoms with van der Waals surface area (Å²) >= 11 is 0. The lowest BCUT2D eigenvalue weighted by atomic mass is 10.3. The number of hydrogen-bond acceptors (Lipinski definition) is 5. The van der Waals surface area contributed by atoms with Crippen LogP contribution >= 0.6 is 0 Å². The van der Waals surface area contributed by atoms with Gasteiger partial charge in [-0.3, -0.25) is 9.59 Å². The molecule has 0 spiro atoms. The van der Waals surface area contributed by atoms with Gasteiger partial charge in [-0.15, -0.1) is 0 Å². The van der Waals surface area contributed by atoms with Crippen LogP contribution < -0.4 is 10.0 Å². The molecule has 144 valence electrons. The van der Waals surface area contributed by atoms with Crippen LogP contribution in [0.5, 0.6) is 0 Å². The third-order valence-electron chi connectivity index (χ3n) is 3.31. The van der Waals surface area contributed by atoms with Gasteiger partial charge >= 0.3 is 5.97 Å². The Balaban J connectivity index is 1.92. The summed E-state index contributed by atoms with van der Waals surface area (Å²) in [5, 5.41) is 2.51. The Morgan fingerprint density at radius 3 is 2.22 bits per heavy atom. The highest BCUT2D eigenvalue weighted by molar-refractivity contribution is 7.89. The molecule has 10 heteroatoms. The number of benzene rings is 2. The average molecular weight is 398 g/mol. The van der Waals surface area contributed by atoms with Gasteiger partial charge in [0.2, 0.25) is 10.0 Å². The minimum atomic E-state index is -4.62. The summed E-state index contributed by atoms with van der Waals surface area (Å²) in [5.74, 6) is -4.32. The Bertz CT molecular complexity index is 915. The normalized spacial score (nSPS) is 12.3. The first-order valence-corrected chi connectivity index (χ1v) is 9.18. The molecule has 0 aliphatic rings. The molecule has 0 aliphatic heterocycles.